The molecule has 1 aliphatic heterocycles. The number of hydrogen-bond acceptors (Lipinski definition) is 5. The topological polar surface area (TPSA) is 123 Å². The number of carboxylic acid groups (broad SMARTS) is 1. The minimum absolute atomic E-state index is 0.0170. The van der Waals surface area contributed by atoms with E-state index in [9.17, 15) is 9.59 Å². The van der Waals surface area contributed by atoms with Crippen molar-refractivity contribution < 1.29 is 14.7 Å². The van der Waals surface area contributed by atoms with E-state index < -0.39 is 5.97 Å². The van der Waals surface area contributed by atoms with Gasteiger partial charge < -0.3 is 21.5 Å². The lowest BCUT2D eigenvalue weighted by atomic mass is 9.93. The van der Waals surface area contributed by atoms with Gasteiger partial charge in [-0.1, -0.05) is 0 Å². The Labute approximate surface area is 116 Å². The Hall–Kier alpha value is -2.31. The molecule has 1 fully saturated rings. The van der Waals surface area contributed by atoms with E-state index in [1.54, 1.807) is 0 Å². The third-order valence-corrected chi connectivity index (χ3v) is 3.73. The average Bonchev–Trinajstić information content (AvgIpc) is 2.39. The van der Waals surface area contributed by atoms with Gasteiger partial charge in [-0.25, -0.2) is 9.78 Å². The fraction of sp³-hybridized carbons (Fsp3) is 0.462. The summed E-state index contributed by atoms with van der Waals surface area (Å²) >= 11 is 0. The van der Waals surface area contributed by atoms with Crippen LogP contribution in [0.3, 0.4) is 0 Å². The van der Waals surface area contributed by atoms with Crippen LogP contribution in [0.15, 0.2) is 12.3 Å². The summed E-state index contributed by atoms with van der Waals surface area (Å²) in [5.41, 5.74) is 11.1. The summed E-state index contributed by atoms with van der Waals surface area (Å²) in [6.45, 7) is 2.46. The molecule has 1 aromatic rings. The maximum atomic E-state index is 11.3. The zero-order chi connectivity index (χ0) is 14.9. The van der Waals surface area contributed by atoms with E-state index in [2.05, 4.69) is 4.98 Å². The minimum Gasteiger partial charge on any atom is -0.478 e. The van der Waals surface area contributed by atoms with Crippen molar-refractivity contribution in [1.82, 2.24) is 4.98 Å². The van der Waals surface area contributed by atoms with Gasteiger partial charge in [0.1, 0.15) is 5.82 Å². The number of carboxylic acids is 1. The lowest BCUT2D eigenvalue weighted by molar-refractivity contribution is -0.122. The van der Waals surface area contributed by atoms with Crippen molar-refractivity contribution in [2.24, 2.45) is 11.7 Å². The normalized spacial score (nSPS) is 22.6. The summed E-state index contributed by atoms with van der Waals surface area (Å²) in [5, 5.41) is 9.09. The molecule has 1 aliphatic rings. The Kier molecular flexibility index (Phi) is 3.78. The molecular weight excluding hydrogens is 260 g/mol. The lowest BCUT2D eigenvalue weighted by Gasteiger charge is -2.37. The number of hydrogen-bond donors (Lipinski definition) is 3. The first-order valence-electron chi connectivity index (χ1n) is 6.45. The van der Waals surface area contributed by atoms with Gasteiger partial charge in [0.2, 0.25) is 5.91 Å². The highest BCUT2D eigenvalue weighted by Gasteiger charge is 2.30. The number of carbonyl (C=O) groups is 2. The Bertz CT molecular complexity index is 546. The molecule has 7 heteroatoms. The Balaban J connectivity index is 2.31. The molecule has 5 N–H and O–H groups in total. The van der Waals surface area contributed by atoms with Crippen LogP contribution in [0.2, 0.25) is 0 Å². The molecule has 1 amide bonds. The van der Waals surface area contributed by atoms with Gasteiger partial charge in [-0.05, 0) is 25.8 Å². The van der Waals surface area contributed by atoms with Crippen LogP contribution in [0, 0.1) is 5.92 Å². The maximum Gasteiger partial charge on any atom is 0.337 e. The van der Waals surface area contributed by atoms with Gasteiger partial charge in [-0.2, -0.15) is 0 Å². The van der Waals surface area contributed by atoms with Crippen LogP contribution in [0.25, 0.3) is 0 Å². The zero-order valence-electron chi connectivity index (χ0n) is 11.2. The zero-order valence-corrected chi connectivity index (χ0v) is 11.2. The molecule has 108 valence electrons. The average molecular weight is 278 g/mol. The van der Waals surface area contributed by atoms with Crippen molar-refractivity contribution in [2.75, 3.05) is 17.2 Å². The molecule has 1 aromatic heterocycles. The first kappa shape index (κ1) is 14.1. The smallest absolute Gasteiger partial charge is 0.337 e. The number of nitrogen functional groups attached to an aromatic ring is 1. The van der Waals surface area contributed by atoms with Gasteiger partial charge in [0.05, 0.1) is 23.4 Å². The van der Waals surface area contributed by atoms with E-state index in [4.69, 9.17) is 16.6 Å². The van der Waals surface area contributed by atoms with Crippen molar-refractivity contribution in [3.05, 3.63) is 17.8 Å². The molecule has 2 unspecified atom stereocenters. The van der Waals surface area contributed by atoms with Gasteiger partial charge >= 0.3 is 5.97 Å². The molecule has 0 saturated carbocycles. The lowest BCUT2D eigenvalue weighted by Crippen LogP contribution is -2.46. The number of rotatable bonds is 3. The van der Waals surface area contributed by atoms with Crippen LogP contribution >= 0.6 is 0 Å². The second kappa shape index (κ2) is 5.36. The number of pyridine rings is 1. The maximum absolute atomic E-state index is 11.3. The number of aromatic carboxylic acids is 1. The van der Waals surface area contributed by atoms with E-state index in [0.717, 1.165) is 12.8 Å². The SMILES string of the molecule is CC1CCC(C(N)=O)CN1c1cc(C(=O)O)c(N)cn1. The van der Waals surface area contributed by atoms with Gasteiger partial charge in [-0.15, -0.1) is 0 Å². The molecule has 2 heterocycles. The largest absolute Gasteiger partial charge is 0.478 e. The first-order chi connectivity index (χ1) is 9.40. The number of anilines is 2. The summed E-state index contributed by atoms with van der Waals surface area (Å²) < 4.78 is 0. The van der Waals surface area contributed by atoms with Crippen molar-refractivity contribution in [1.29, 1.82) is 0 Å². The van der Waals surface area contributed by atoms with E-state index in [0.29, 0.717) is 12.4 Å². The molecule has 0 aliphatic carbocycles. The standard InChI is InChI=1S/C13H18N4O3/c1-7-2-3-8(12(15)18)6-17(7)11-4-9(13(19)20)10(14)5-16-11/h4-5,7-8H,2-3,6,14H2,1H3,(H2,15,18)(H,19,20). The number of primary amides is 1. The van der Waals surface area contributed by atoms with E-state index in [-0.39, 0.29) is 29.1 Å². The Morgan fingerprint density at radius 3 is 2.75 bits per heavy atom. The number of piperidine rings is 1. The highest BCUT2D eigenvalue weighted by Crippen LogP contribution is 2.27. The summed E-state index contributed by atoms with van der Waals surface area (Å²) in [6, 6.07) is 1.61. The molecule has 2 rings (SSSR count). The minimum atomic E-state index is -1.10. The molecule has 2 atom stereocenters. The summed E-state index contributed by atoms with van der Waals surface area (Å²) in [7, 11) is 0. The van der Waals surface area contributed by atoms with Gasteiger partial charge in [0, 0.05) is 12.6 Å². The van der Waals surface area contributed by atoms with E-state index in [1.165, 1.54) is 12.3 Å². The second-order valence-electron chi connectivity index (χ2n) is 5.11. The molecule has 0 spiro atoms. The Morgan fingerprint density at radius 1 is 1.45 bits per heavy atom. The summed E-state index contributed by atoms with van der Waals surface area (Å²) in [6.07, 6.45) is 2.88. The second-order valence-corrected chi connectivity index (χ2v) is 5.11. The quantitative estimate of drug-likeness (QED) is 0.737. The molecule has 7 nitrogen and oxygen atoms in total. The fourth-order valence-corrected chi connectivity index (χ4v) is 2.46. The highest BCUT2D eigenvalue weighted by atomic mass is 16.4. The predicted octanol–water partition coefficient (Wildman–Crippen LogP) is 0.452. The summed E-state index contributed by atoms with van der Waals surface area (Å²) in [4.78, 5) is 28.5. The van der Waals surface area contributed by atoms with Crippen LogP contribution < -0.4 is 16.4 Å². The number of amides is 1. The number of aromatic nitrogens is 1. The molecule has 0 aromatic carbocycles. The van der Waals surface area contributed by atoms with Gasteiger partial charge in [0.15, 0.2) is 0 Å². The molecule has 20 heavy (non-hydrogen) atoms. The van der Waals surface area contributed by atoms with Crippen LogP contribution in [0.4, 0.5) is 11.5 Å². The molecular formula is C13H18N4O3. The third-order valence-electron chi connectivity index (χ3n) is 3.73. The van der Waals surface area contributed by atoms with Crippen molar-refractivity contribution in [3.8, 4) is 0 Å². The third kappa shape index (κ3) is 2.66. The van der Waals surface area contributed by atoms with Crippen LogP contribution in [0.5, 0.6) is 0 Å². The fourth-order valence-electron chi connectivity index (χ4n) is 2.46. The monoisotopic (exact) mass is 278 g/mol. The molecule has 1 saturated heterocycles. The van der Waals surface area contributed by atoms with Gasteiger partial charge in [-0.3, -0.25) is 4.79 Å². The van der Waals surface area contributed by atoms with E-state index >= 15 is 0 Å². The summed E-state index contributed by atoms with van der Waals surface area (Å²) in [5.74, 6) is -1.16. The van der Waals surface area contributed by atoms with Crippen molar-refractivity contribution in [3.63, 3.8) is 0 Å². The molecule has 0 bridgehead atoms. The van der Waals surface area contributed by atoms with Crippen LogP contribution in [-0.4, -0.2) is 34.6 Å². The molecule has 0 radical (unpaired) electrons. The number of nitrogens with zero attached hydrogens (tertiary/aromatic N) is 2. The first-order valence-corrected chi connectivity index (χ1v) is 6.45. The predicted molar refractivity (Wildman–Crippen MR) is 74.3 cm³/mol. The number of nitrogens with two attached hydrogens (primary N) is 2. The van der Waals surface area contributed by atoms with Crippen molar-refractivity contribution in [2.45, 2.75) is 25.8 Å². The van der Waals surface area contributed by atoms with Crippen LogP contribution in [0.1, 0.15) is 30.1 Å². The van der Waals surface area contributed by atoms with Crippen molar-refractivity contribution >= 4 is 23.4 Å². The number of carbonyl (C=O) groups excluding carboxylic acids is 1. The van der Waals surface area contributed by atoms with Crippen LogP contribution in [-0.2, 0) is 4.79 Å². The van der Waals surface area contributed by atoms with E-state index in [1.807, 2.05) is 11.8 Å². The highest BCUT2D eigenvalue weighted by molar-refractivity contribution is 5.94. The van der Waals surface area contributed by atoms with Gasteiger partial charge in [0.25, 0.3) is 0 Å². The Morgan fingerprint density at radius 2 is 2.15 bits per heavy atom.